The standard InChI is InChI=1S/C7H9N5S/c8-2-3-12-7(9-10-11-12)6-1-4-13-5-6/h1,4-5H,2-3,8H2. The van der Waals surface area contributed by atoms with E-state index < -0.39 is 0 Å². The van der Waals surface area contributed by atoms with Crippen molar-refractivity contribution in [1.82, 2.24) is 20.2 Å². The Morgan fingerprint density at radius 1 is 1.54 bits per heavy atom. The highest BCUT2D eigenvalue weighted by Crippen LogP contribution is 2.18. The second-order valence-electron chi connectivity index (χ2n) is 2.53. The van der Waals surface area contributed by atoms with Gasteiger partial charge in [-0.1, -0.05) is 0 Å². The maximum atomic E-state index is 5.43. The predicted octanol–water partition coefficient (Wildman–Crippen LogP) is 0.360. The van der Waals surface area contributed by atoms with Gasteiger partial charge in [-0.15, -0.1) is 5.10 Å². The largest absolute Gasteiger partial charge is 0.329 e. The lowest BCUT2D eigenvalue weighted by Gasteiger charge is -1.98. The Labute approximate surface area is 79.2 Å². The Bertz CT molecular complexity index is 366. The first kappa shape index (κ1) is 8.33. The van der Waals surface area contributed by atoms with Gasteiger partial charge in [0.2, 0.25) is 0 Å². The summed E-state index contributed by atoms with van der Waals surface area (Å²) in [7, 11) is 0. The molecule has 0 aliphatic heterocycles. The topological polar surface area (TPSA) is 69.6 Å². The van der Waals surface area contributed by atoms with Crippen molar-refractivity contribution in [3.05, 3.63) is 16.8 Å². The number of nitrogens with zero attached hydrogens (tertiary/aromatic N) is 4. The van der Waals surface area contributed by atoms with Gasteiger partial charge in [0.15, 0.2) is 5.82 Å². The third-order valence-corrected chi connectivity index (χ3v) is 2.34. The SMILES string of the molecule is NCCn1nnnc1-c1ccsc1. The fraction of sp³-hybridized carbons (Fsp3) is 0.286. The molecular formula is C7H9N5S. The first-order valence-corrected chi connectivity index (χ1v) is 4.85. The summed E-state index contributed by atoms with van der Waals surface area (Å²) >= 11 is 1.62. The van der Waals surface area contributed by atoms with Crippen LogP contribution in [0.25, 0.3) is 11.4 Å². The van der Waals surface area contributed by atoms with Gasteiger partial charge >= 0.3 is 0 Å². The summed E-state index contributed by atoms with van der Waals surface area (Å²) in [5.41, 5.74) is 6.47. The number of aromatic nitrogens is 4. The smallest absolute Gasteiger partial charge is 0.182 e. The average Bonchev–Trinajstić information content (AvgIpc) is 2.71. The van der Waals surface area contributed by atoms with E-state index in [1.165, 1.54) is 0 Å². The van der Waals surface area contributed by atoms with Gasteiger partial charge in [0.25, 0.3) is 0 Å². The van der Waals surface area contributed by atoms with Crippen LogP contribution in [-0.2, 0) is 6.54 Å². The van der Waals surface area contributed by atoms with Crippen LogP contribution in [0.2, 0.25) is 0 Å². The van der Waals surface area contributed by atoms with Crippen LogP contribution < -0.4 is 5.73 Å². The minimum atomic E-state index is 0.544. The van der Waals surface area contributed by atoms with E-state index in [-0.39, 0.29) is 0 Å². The van der Waals surface area contributed by atoms with E-state index in [0.717, 1.165) is 11.4 Å². The first-order valence-electron chi connectivity index (χ1n) is 3.90. The van der Waals surface area contributed by atoms with Crippen LogP contribution >= 0.6 is 11.3 Å². The molecule has 2 aromatic heterocycles. The number of hydrogen-bond donors (Lipinski definition) is 1. The van der Waals surface area contributed by atoms with Crippen molar-refractivity contribution in [3.63, 3.8) is 0 Å². The van der Waals surface area contributed by atoms with Gasteiger partial charge in [0.1, 0.15) is 0 Å². The van der Waals surface area contributed by atoms with Gasteiger partial charge < -0.3 is 5.73 Å². The Balaban J connectivity index is 2.35. The lowest BCUT2D eigenvalue weighted by atomic mass is 10.3. The third kappa shape index (κ3) is 1.58. The number of thiophene rings is 1. The molecule has 0 radical (unpaired) electrons. The van der Waals surface area contributed by atoms with E-state index in [2.05, 4.69) is 15.5 Å². The summed E-state index contributed by atoms with van der Waals surface area (Å²) in [6.07, 6.45) is 0. The molecule has 68 valence electrons. The summed E-state index contributed by atoms with van der Waals surface area (Å²) in [6, 6.07) is 1.99. The molecule has 0 atom stereocenters. The molecule has 0 unspecified atom stereocenters. The molecule has 2 rings (SSSR count). The van der Waals surface area contributed by atoms with Crippen molar-refractivity contribution in [3.8, 4) is 11.4 Å². The zero-order chi connectivity index (χ0) is 9.10. The molecule has 0 saturated heterocycles. The van der Waals surface area contributed by atoms with Crippen LogP contribution in [0.5, 0.6) is 0 Å². The van der Waals surface area contributed by atoms with Crippen molar-refractivity contribution in [1.29, 1.82) is 0 Å². The zero-order valence-electron chi connectivity index (χ0n) is 6.92. The second-order valence-corrected chi connectivity index (χ2v) is 3.31. The molecule has 0 spiro atoms. The predicted molar refractivity (Wildman–Crippen MR) is 50.2 cm³/mol. The summed E-state index contributed by atoms with van der Waals surface area (Å²) in [6.45, 7) is 1.19. The fourth-order valence-electron chi connectivity index (χ4n) is 1.08. The van der Waals surface area contributed by atoms with Crippen LogP contribution in [0.15, 0.2) is 16.8 Å². The van der Waals surface area contributed by atoms with E-state index in [9.17, 15) is 0 Å². The quantitative estimate of drug-likeness (QED) is 0.767. The van der Waals surface area contributed by atoms with Crippen molar-refractivity contribution in [2.75, 3.05) is 6.54 Å². The molecule has 0 saturated carbocycles. The fourth-order valence-corrected chi connectivity index (χ4v) is 1.71. The van der Waals surface area contributed by atoms with E-state index in [4.69, 9.17) is 5.73 Å². The minimum Gasteiger partial charge on any atom is -0.329 e. The van der Waals surface area contributed by atoms with E-state index in [1.807, 2.05) is 16.8 Å². The van der Waals surface area contributed by atoms with Crippen molar-refractivity contribution >= 4 is 11.3 Å². The Morgan fingerprint density at radius 3 is 3.15 bits per heavy atom. The van der Waals surface area contributed by atoms with E-state index in [0.29, 0.717) is 13.1 Å². The lowest BCUT2D eigenvalue weighted by molar-refractivity contribution is 0.603. The Kier molecular flexibility index (Phi) is 2.33. The maximum absolute atomic E-state index is 5.43. The Morgan fingerprint density at radius 2 is 2.46 bits per heavy atom. The number of tetrazole rings is 1. The van der Waals surface area contributed by atoms with Gasteiger partial charge in [-0.3, -0.25) is 0 Å². The molecular weight excluding hydrogens is 186 g/mol. The van der Waals surface area contributed by atoms with Crippen LogP contribution in [0.4, 0.5) is 0 Å². The molecule has 0 aliphatic rings. The molecule has 0 fully saturated rings. The molecule has 2 N–H and O–H groups in total. The highest BCUT2D eigenvalue weighted by Gasteiger charge is 2.07. The molecule has 2 heterocycles. The highest BCUT2D eigenvalue weighted by molar-refractivity contribution is 7.08. The molecule has 13 heavy (non-hydrogen) atoms. The van der Waals surface area contributed by atoms with Gasteiger partial charge in [0.05, 0.1) is 6.54 Å². The normalized spacial score (nSPS) is 10.5. The van der Waals surface area contributed by atoms with Crippen molar-refractivity contribution in [2.24, 2.45) is 5.73 Å². The summed E-state index contributed by atoms with van der Waals surface area (Å²) in [5, 5.41) is 15.4. The molecule has 2 aromatic rings. The minimum absolute atomic E-state index is 0.544. The maximum Gasteiger partial charge on any atom is 0.182 e. The molecule has 0 amide bonds. The summed E-state index contributed by atoms with van der Waals surface area (Å²) < 4.78 is 1.71. The Hall–Kier alpha value is -1.27. The molecule has 0 aromatic carbocycles. The molecule has 0 bridgehead atoms. The van der Waals surface area contributed by atoms with Crippen LogP contribution in [0, 0.1) is 0 Å². The highest BCUT2D eigenvalue weighted by atomic mass is 32.1. The van der Waals surface area contributed by atoms with Gasteiger partial charge in [-0.05, 0) is 21.9 Å². The zero-order valence-corrected chi connectivity index (χ0v) is 7.74. The third-order valence-electron chi connectivity index (χ3n) is 1.65. The second kappa shape index (κ2) is 3.63. The van der Waals surface area contributed by atoms with Crippen LogP contribution in [-0.4, -0.2) is 26.8 Å². The monoisotopic (exact) mass is 195 g/mol. The number of nitrogens with two attached hydrogens (primary N) is 1. The average molecular weight is 195 g/mol. The summed E-state index contributed by atoms with van der Waals surface area (Å²) in [4.78, 5) is 0. The van der Waals surface area contributed by atoms with Crippen LogP contribution in [0.3, 0.4) is 0 Å². The van der Waals surface area contributed by atoms with Crippen molar-refractivity contribution in [2.45, 2.75) is 6.54 Å². The van der Waals surface area contributed by atoms with Crippen LogP contribution in [0.1, 0.15) is 0 Å². The first-order chi connectivity index (χ1) is 6.42. The van der Waals surface area contributed by atoms with Crippen molar-refractivity contribution < 1.29 is 0 Å². The molecule has 5 nitrogen and oxygen atoms in total. The van der Waals surface area contributed by atoms with Gasteiger partial charge in [0, 0.05) is 17.5 Å². The van der Waals surface area contributed by atoms with E-state index >= 15 is 0 Å². The molecule has 6 heteroatoms. The number of hydrogen-bond acceptors (Lipinski definition) is 5. The molecule has 0 aliphatic carbocycles. The summed E-state index contributed by atoms with van der Waals surface area (Å²) in [5.74, 6) is 0.784. The number of rotatable bonds is 3. The van der Waals surface area contributed by atoms with Gasteiger partial charge in [-0.25, -0.2) is 4.68 Å². The lowest BCUT2D eigenvalue weighted by Crippen LogP contribution is -2.12. The van der Waals surface area contributed by atoms with E-state index in [1.54, 1.807) is 16.0 Å². The van der Waals surface area contributed by atoms with Gasteiger partial charge in [-0.2, -0.15) is 11.3 Å².